The van der Waals surface area contributed by atoms with Gasteiger partial charge in [0.2, 0.25) is 0 Å². The van der Waals surface area contributed by atoms with Crippen LogP contribution in [0.4, 0.5) is 0 Å². The van der Waals surface area contributed by atoms with Gasteiger partial charge in [-0.25, -0.2) is 4.98 Å². The maximum absolute atomic E-state index is 13.2. The van der Waals surface area contributed by atoms with Gasteiger partial charge < -0.3 is 20.1 Å². The van der Waals surface area contributed by atoms with E-state index in [1.807, 2.05) is 39.2 Å². The molecule has 1 heterocycles. The van der Waals surface area contributed by atoms with Crippen LogP contribution in [0.25, 0.3) is 6.08 Å². The number of aliphatic hydroxyl groups excluding tert-OH is 3. The number of nitrogens with zero attached hydrogens (tertiary/aromatic N) is 1. The van der Waals surface area contributed by atoms with Crippen molar-refractivity contribution in [1.82, 2.24) is 4.98 Å². The predicted octanol–water partition coefficient (Wildman–Crippen LogP) is 4.71. The number of hydrogen-bond donors (Lipinski definition) is 3. The van der Waals surface area contributed by atoms with Crippen LogP contribution in [0.5, 0.6) is 0 Å². The van der Waals surface area contributed by atoms with Gasteiger partial charge in [0.05, 0.1) is 40.8 Å². The molecule has 1 aromatic rings. The molecular weight excluding hydrogens is 466 g/mol. The Morgan fingerprint density at radius 3 is 2.31 bits per heavy atom. The van der Waals surface area contributed by atoms with Crippen LogP contribution in [-0.4, -0.2) is 56.5 Å². The summed E-state index contributed by atoms with van der Waals surface area (Å²) >= 11 is 1.55. The lowest BCUT2D eigenvalue weighted by Gasteiger charge is -2.34. The summed E-state index contributed by atoms with van der Waals surface area (Å²) in [5.41, 5.74) is 0.444. The highest BCUT2D eigenvalue weighted by Gasteiger charge is 2.42. The number of aliphatic hydroxyl groups is 3. The molecule has 0 aromatic carbocycles. The number of hydrogen-bond acceptors (Lipinski definition) is 8. The smallest absolute Gasteiger partial charge is 0.309 e. The Hall–Kier alpha value is -1.61. The van der Waals surface area contributed by atoms with Crippen molar-refractivity contribution < 1.29 is 29.6 Å². The summed E-state index contributed by atoms with van der Waals surface area (Å²) in [5.74, 6) is -1.71. The fourth-order valence-electron chi connectivity index (χ4n) is 4.20. The molecule has 1 aromatic heterocycles. The molecule has 0 spiro atoms. The van der Waals surface area contributed by atoms with Crippen molar-refractivity contribution in [2.45, 2.75) is 112 Å². The minimum atomic E-state index is -1.24. The van der Waals surface area contributed by atoms with E-state index in [1.165, 1.54) is 0 Å². The van der Waals surface area contributed by atoms with Crippen LogP contribution in [0, 0.1) is 24.2 Å². The molecule has 0 saturated heterocycles. The van der Waals surface area contributed by atoms with E-state index in [-0.39, 0.29) is 18.1 Å². The Morgan fingerprint density at radius 1 is 1.17 bits per heavy atom. The first-order valence-corrected chi connectivity index (χ1v) is 13.5. The van der Waals surface area contributed by atoms with Gasteiger partial charge in [-0.3, -0.25) is 9.59 Å². The first-order valence-electron chi connectivity index (χ1n) is 12.6. The monoisotopic (exact) mass is 511 g/mol. The lowest BCUT2D eigenvalue weighted by Crippen LogP contribution is -2.45. The third kappa shape index (κ3) is 9.75. The van der Waals surface area contributed by atoms with Crippen molar-refractivity contribution in [1.29, 1.82) is 0 Å². The van der Waals surface area contributed by atoms with Gasteiger partial charge in [0.15, 0.2) is 0 Å². The maximum Gasteiger partial charge on any atom is 0.309 e. The highest BCUT2D eigenvalue weighted by Crippen LogP contribution is 2.32. The lowest BCUT2D eigenvalue weighted by atomic mass is 9.73. The van der Waals surface area contributed by atoms with Gasteiger partial charge >= 0.3 is 5.97 Å². The van der Waals surface area contributed by atoms with Crippen LogP contribution in [0.2, 0.25) is 0 Å². The van der Waals surface area contributed by atoms with Crippen molar-refractivity contribution in [3.05, 3.63) is 21.7 Å². The zero-order valence-electron chi connectivity index (χ0n) is 22.6. The molecule has 0 radical (unpaired) electrons. The Kier molecular flexibility index (Phi) is 12.8. The molecule has 0 fully saturated rings. The second-order valence-electron chi connectivity index (χ2n) is 10.4. The Labute approximate surface area is 214 Å². The molecule has 0 saturated carbocycles. The first kappa shape index (κ1) is 31.4. The van der Waals surface area contributed by atoms with Crippen molar-refractivity contribution in [3.63, 3.8) is 0 Å². The number of Topliss-reactive ketones (excluding diaryl/α,β-unsaturated/α-hetero) is 1. The summed E-state index contributed by atoms with van der Waals surface area (Å²) in [6.45, 7) is 14.2. The molecule has 35 heavy (non-hydrogen) atoms. The normalized spacial score (nSPS) is 17.9. The number of ketones is 1. The van der Waals surface area contributed by atoms with Gasteiger partial charge in [-0.05, 0) is 57.6 Å². The maximum atomic E-state index is 13.2. The number of aryl methyl sites for hydroxylation is 1. The third-order valence-electron chi connectivity index (χ3n) is 6.78. The molecule has 200 valence electrons. The number of ether oxygens (including phenoxy) is 1. The van der Waals surface area contributed by atoms with Crippen LogP contribution < -0.4 is 0 Å². The van der Waals surface area contributed by atoms with Gasteiger partial charge in [-0.2, -0.15) is 0 Å². The fraction of sp³-hybridized carbons (Fsp3) is 0.741. The standard InChI is InChI=1S/C27H45NO6S/c1-9-22(17(3)13-21-15-35-20(6)28-21)34-24(31)14-23(30)27(7,8)26(33)19(5)25(32)16(2)11-10-12-18(4)29/h13,15-16,18-19,22-23,25,29-30,32H,9-12,14H2,1-8H3/b17-13+/t16-,18+,19+,22-,23-,25-/m0/s1. The van der Waals surface area contributed by atoms with Crippen molar-refractivity contribution in [2.75, 3.05) is 0 Å². The lowest BCUT2D eigenvalue weighted by molar-refractivity contribution is -0.154. The summed E-state index contributed by atoms with van der Waals surface area (Å²) in [6.07, 6.45) is 1.27. The zero-order valence-corrected chi connectivity index (χ0v) is 23.4. The summed E-state index contributed by atoms with van der Waals surface area (Å²) in [7, 11) is 0. The average molecular weight is 512 g/mol. The summed E-state index contributed by atoms with van der Waals surface area (Å²) in [4.78, 5) is 30.2. The molecule has 0 unspecified atom stereocenters. The topological polar surface area (TPSA) is 117 Å². The second-order valence-corrected chi connectivity index (χ2v) is 11.5. The summed E-state index contributed by atoms with van der Waals surface area (Å²) < 4.78 is 5.62. The highest BCUT2D eigenvalue weighted by molar-refractivity contribution is 7.09. The quantitative estimate of drug-likeness (QED) is 0.292. The third-order valence-corrected chi connectivity index (χ3v) is 7.57. The number of esters is 1. The Bertz CT molecular complexity index is 846. The van der Waals surface area contributed by atoms with E-state index in [0.717, 1.165) is 22.7 Å². The first-order chi connectivity index (χ1) is 16.2. The van der Waals surface area contributed by atoms with E-state index in [9.17, 15) is 24.9 Å². The number of aromatic nitrogens is 1. The van der Waals surface area contributed by atoms with Gasteiger partial charge in [0.1, 0.15) is 11.9 Å². The van der Waals surface area contributed by atoms with Crippen LogP contribution in [0.3, 0.4) is 0 Å². The van der Waals surface area contributed by atoms with Crippen LogP contribution in [0.1, 0.15) is 91.3 Å². The Morgan fingerprint density at radius 2 is 1.80 bits per heavy atom. The van der Waals surface area contributed by atoms with Gasteiger partial charge in [0.25, 0.3) is 0 Å². The largest absolute Gasteiger partial charge is 0.458 e. The minimum Gasteiger partial charge on any atom is -0.458 e. The molecule has 1 rings (SSSR count). The van der Waals surface area contributed by atoms with Crippen molar-refractivity contribution in [3.8, 4) is 0 Å². The predicted molar refractivity (Wildman–Crippen MR) is 140 cm³/mol. The molecule has 0 amide bonds. The zero-order chi connectivity index (χ0) is 26.9. The van der Waals surface area contributed by atoms with Gasteiger partial charge in [0, 0.05) is 11.3 Å². The molecule has 6 atom stereocenters. The fourth-order valence-corrected chi connectivity index (χ4v) is 4.77. The Balaban J connectivity index is 2.74. The van der Waals surface area contributed by atoms with E-state index >= 15 is 0 Å². The molecular formula is C27H45NO6S. The molecule has 3 N–H and O–H groups in total. The van der Waals surface area contributed by atoms with E-state index in [1.54, 1.807) is 39.0 Å². The molecule has 0 aliphatic carbocycles. The summed E-state index contributed by atoms with van der Waals surface area (Å²) in [5, 5.41) is 33.8. The molecule has 0 aliphatic heterocycles. The number of carbonyl (C=O) groups excluding carboxylic acids is 2. The number of carbonyl (C=O) groups is 2. The van der Waals surface area contributed by atoms with Gasteiger partial charge in [-0.15, -0.1) is 11.3 Å². The second kappa shape index (κ2) is 14.2. The van der Waals surface area contributed by atoms with Crippen molar-refractivity contribution >= 4 is 29.2 Å². The van der Waals surface area contributed by atoms with E-state index in [4.69, 9.17) is 4.74 Å². The minimum absolute atomic E-state index is 0.132. The van der Waals surface area contributed by atoms with Gasteiger partial charge in [-0.1, -0.05) is 41.0 Å². The number of rotatable bonds is 15. The molecule has 0 aliphatic rings. The van der Waals surface area contributed by atoms with Crippen LogP contribution >= 0.6 is 11.3 Å². The van der Waals surface area contributed by atoms with E-state index in [2.05, 4.69) is 4.98 Å². The van der Waals surface area contributed by atoms with Crippen LogP contribution in [0.15, 0.2) is 11.0 Å². The highest BCUT2D eigenvalue weighted by atomic mass is 32.1. The molecule has 7 nitrogen and oxygen atoms in total. The van der Waals surface area contributed by atoms with E-state index < -0.39 is 41.7 Å². The summed E-state index contributed by atoms with van der Waals surface area (Å²) in [6, 6.07) is 0. The number of thiazole rings is 1. The molecule has 0 bridgehead atoms. The molecule has 8 heteroatoms. The SMILES string of the molecule is CC[C@H](OC(=O)C[C@H](O)C(C)(C)C(=O)[C@H](C)[C@@H](O)[C@@H](C)CCC[C@@H](C)O)/C(C)=C/c1csc(C)n1. The van der Waals surface area contributed by atoms with E-state index in [0.29, 0.717) is 19.3 Å². The average Bonchev–Trinajstić information content (AvgIpc) is 3.19. The van der Waals surface area contributed by atoms with Crippen LogP contribution in [-0.2, 0) is 14.3 Å². The van der Waals surface area contributed by atoms with Crippen molar-refractivity contribution in [2.24, 2.45) is 17.3 Å².